The molecule has 0 bridgehead atoms. The number of rotatable bonds is 4. The van der Waals surface area contributed by atoms with Gasteiger partial charge in [0.25, 0.3) is 5.91 Å². The van der Waals surface area contributed by atoms with E-state index in [4.69, 9.17) is 4.74 Å². The van der Waals surface area contributed by atoms with E-state index in [0.29, 0.717) is 43.8 Å². The zero-order chi connectivity index (χ0) is 18.8. The highest BCUT2D eigenvalue weighted by molar-refractivity contribution is 5.94. The predicted molar refractivity (Wildman–Crippen MR) is 99.9 cm³/mol. The first kappa shape index (κ1) is 17.2. The van der Waals surface area contributed by atoms with Crippen LogP contribution in [-0.4, -0.2) is 69.1 Å². The molecule has 0 spiro atoms. The first-order valence-electron chi connectivity index (χ1n) is 8.93. The first-order chi connectivity index (χ1) is 13.2. The third-order valence-electron chi connectivity index (χ3n) is 4.78. The average molecular weight is 367 g/mol. The van der Waals surface area contributed by atoms with Gasteiger partial charge >= 0.3 is 0 Å². The molecule has 140 valence electrons. The molecule has 0 radical (unpaired) electrons. The monoisotopic (exact) mass is 367 g/mol. The summed E-state index contributed by atoms with van der Waals surface area (Å²) in [6, 6.07) is 7.20. The van der Waals surface area contributed by atoms with Crippen LogP contribution in [0.1, 0.15) is 17.3 Å². The van der Waals surface area contributed by atoms with Gasteiger partial charge in [0.1, 0.15) is 12.1 Å². The van der Waals surface area contributed by atoms with Crippen LogP contribution in [0.5, 0.6) is 5.75 Å². The van der Waals surface area contributed by atoms with Gasteiger partial charge in [-0.2, -0.15) is 0 Å². The summed E-state index contributed by atoms with van der Waals surface area (Å²) < 4.78 is 6.90. The molecule has 1 fully saturated rings. The molecule has 1 aliphatic heterocycles. The zero-order valence-corrected chi connectivity index (χ0v) is 15.4. The predicted octanol–water partition coefficient (Wildman–Crippen LogP) is 1.21. The van der Waals surface area contributed by atoms with E-state index in [2.05, 4.69) is 25.2 Å². The molecule has 0 saturated carbocycles. The van der Waals surface area contributed by atoms with Crippen molar-refractivity contribution in [1.82, 2.24) is 29.9 Å². The van der Waals surface area contributed by atoms with Crippen LogP contribution < -0.4 is 9.64 Å². The fourth-order valence-corrected chi connectivity index (χ4v) is 3.26. The van der Waals surface area contributed by atoms with Gasteiger partial charge in [-0.15, -0.1) is 5.10 Å². The molecule has 3 heterocycles. The maximum absolute atomic E-state index is 12.7. The molecule has 1 aliphatic rings. The van der Waals surface area contributed by atoms with Crippen molar-refractivity contribution in [2.45, 2.75) is 13.5 Å². The number of carbonyl (C=O) groups excluding carboxylic acids is 1. The van der Waals surface area contributed by atoms with Crippen molar-refractivity contribution in [2.75, 3.05) is 38.2 Å². The summed E-state index contributed by atoms with van der Waals surface area (Å²) in [7, 11) is 1.61. The van der Waals surface area contributed by atoms with Gasteiger partial charge in [-0.05, 0) is 31.2 Å². The number of nitrogens with zero attached hydrogens (tertiary/aromatic N) is 7. The van der Waals surface area contributed by atoms with E-state index in [1.807, 2.05) is 11.8 Å². The molecular formula is C18H21N7O2. The summed E-state index contributed by atoms with van der Waals surface area (Å²) >= 11 is 0. The Morgan fingerprint density at radius 3 is 2.52 bits per heavy atom. The van der Waals surface area contributed by atoms with Crippen LogP contribution in [0.15, 0.2) is 30.6 Å². The summed E-state index contributed by atoms with van der Waals surface area (Å²) in [5.74, 6) is 1.54. The highest BCUT2D eigenvalue weighted by atomic mass is 16.5. The van der Waals surface area contributed by atoms with Crippen LogP contribution in [0, 0.1) is 0 Å². The third kappa shape index (κ3) is 3.16. The van der Waals surface area contributed by atoms with Crippen molar-refractivity contribution in [3.63, 3.8) is 0 Å². The van der Waals surface area contributed by atoms with Gasteiger partial charge in [0.2, 0.25) is 0 Å². The minimum atomic E-state index is 0.0297. The molecule has 3 aromatic rings. The number of aryl methyl sites for hydroxylation is 1. The SMILES string of the molecule is CCn1nnc2c(N3CCN(C(=O)c4ccc(OC)cc4)CC3)ncnc21. The summed E-state index contributed by atoms with van der Waals surface area (Å²) in [6.07, 6.45) is 1.54. The molecular weight excluding hydrogens is 346 g/mol. The number of anilines is 1. The number of hydrogen-bond acceptors (Lipinski definition) is 7. The minimum Gasteiger partial charge on any atom is -0.497 e. The highest BCUT2D eigenvalue weighted by Crippen LogP contribution is 2.22. The van der Waals surface area contributed by atoms with Crippen molar-refractivity contribution >= 4 is 22.9 Å². The molecule has 0 N–H and O–H groups in total. The van der Waals surface area contributed by atoms with Crippen molar-refractivity contribution in [3.05, 3.63) is 36.2 Å². The maximum Gasteiger partial charge on any atom is 0.253 e. The smallest absolute Gasteiger partial charge is 0.253 e. The Bertz CT molecular complexity index is 946. The molecule has 1 saturated heterocycles. The van der Waals surface area contributed by atoms with Crippen LogP contribution in [-0.2, 0) is 6.54 Å². The van der Waals surface area contributed by atoms with Crippen molar-refractivity contribution in [3.8, 4) is 5.75 Å². The zero-order valence-electron chi connectivity index (χ0n) is 15.4. The van der Waals surface area contributed by atoms with Gasteiger partial charge in [0.15, 0.2) is 17.0 Å². The van der Waals surface area contributed by atoms with Gasteiger partial charge in [-0.3, -0.25) is 4.79 Å². The lowest BCUT2D eigenvalue weighted by atomic mass is 10.1. The van der Waals surface area contributed by atoms with Crippen molar-refractivity contribution < 1.29 is 9.53 Å². The van der Waals surface area contributed by atoms with E-state index in [1.165, 1.54) is 0 Å². The number of benzene rings is 1. The van der Waals surface area contributed by atoms with E-state index in [-0.39, 0.29) is 5.91 Å². The van der Waals surface area contributed by atoms with E-state index in [0.717, 1.165) is 17.2 Å². The quantitative estimate of drug-likeness (QED) is 0.685. The molecule has 0 atom stereocenters. The molecule has 1 amide bonds. The van der Waals surface area contributed by atoms with Gasteiger partial charge in [0, 0.05) is 38.3 Å². The second-order valence-electron chi connectivity index (χ2n) is 6.28. The van der Waals surface area contributed by atoms with Crippen LogP contribution in [0.3, 0.4) is 0 Å². The molecule has 4 rings (SSSR count). The number of methoxy groups -OCH3 is 1. The van der Waals surface area contributed by atoms with Crippen LogP contribution in [0.2, 0.25) is 0 Å². The number of piperazine rings is 1. The molecule has 2 aromatic heterocycles. The number of fused-ring (bicyclic) bond motifs is 1. The Morgan fingerprint density at radius 1 is 1.11 bits per heavy atom. The molecule has 1 aromatic carbocycles. The van der Waals surface area contributed by atoms with Crippen LogP contribution in [0.25, 0.3) is 11.2 Å². The number of ether oxygens (including phenoxy) is 1. The molecule has 9 heteroatoms. The lowest BCUT2D eigenvalue weighted by Crippen LogP contribution is -2.49. The molecule has 0 unspecified atom stereocenters. The first-order valence-corrected chi connectivity index (χ1v) is 8.93. The average Bonchev–Trinajstić information content (AvgIpc) is 3.17. The van der Waals surface area contributed by atoms with E-state index in [1.54, 1.807) is 42.4 Å². The van der Waals surface area contributed by atoms with E-state index in [9.17, 15) is 4.79 Å². The summed E-state index contributed by atoms with van der Waals surface area (Å²) in [4.78, 5) is 25.4. The summed E-state index contributed by atoms with van der Waals surface area (Å²) in [5.41, 5.74) is 2.10. The lowest BCUT2D eigenvalue weighted by molar-refractivity contribution is 0.0746. The number of aromatic nitrogens is 5. The fraction of sp³-hybridized carbons (Fsp3) is 0.389. The van der Waals surface area contributed by atoms with Gasteiger partial charge in [0.05, 0.1) is 7.11 Å². The fourth-order valence-electron chi connectivity index (χ4n) is 3.26. The number of amides is 1. The summed E-state index contributed by atoms with van der Waals surface area (Å²) in [6.45, 7) is 5.33. The Kier molecular flexibility index (Phi) is 4.57. The van der Waals surface area contributed by atoms with E-state index >= 15 is 0 Å². The van der Waals surface area contributed by atoms with Gasteiger partial charge < -0.3 is 14.5 Å². The standard InChI is InChI=1S/C18H21N7O2/c1-3-25-17-15(21-22-25)16(19-12-20-17)23-8-10-24(11-9-23)18(26)13-4-6-14(27-2)7-5-13/h4-7,12H,3,8-11H2,1-2H3. The second kappa shape index (κ2) is 7.18. The highest BCUT2D eigenvalue weighted by Gasteiger charge is 2.25. The van der Waals surface area contributed by atoms with Crippen molar-refractivity contribution in [1.29, 1.82) is 0 Å². The van der Waals surface area contributed by atoms with Crippen LogP contribution >= 0.6 is 0 Å². The van der Waals surface area contributed by atoms with Crippen LogP contribution in [0.4, 0.5) is 5.82 Å². The maximum atomic E-state index is 12.7. The molecule has 0 aliphatic carbocycles. The Morgan fingerprint density at radius 2 is 1.85 bits per heavy atom. The second-order valence-corrected chi connectivity index (χ2v) is 6.28. The normalized spacial score (nSPS) is 14.6. The third-order valence-corrected chi connectivity index (χ3v) is 4.78. The number of carbonyl (C=O) groups is 1. The Labute approximate surface area is 156 Å². The molecule has 27 heavy (non-hydrogen) atoms. The number of hydrogen-bond donors (Lipinski definition) is 0. The van der Waals surface area contributed by atoms with Crippen molar-refractivity contribution in [2.24, 2.45) is 0 Å². The molecule has 9 nitrogen and oxygen atoms in total. The largest absolute Gasteiger partial charge is 0.497 e. The lowest BCUT2D eigenvalue weighted by Gasteiger charge is -2.35. The Balaban J connectivity index is 1.47. The minimum absolute atomic E-state index is 0.0297. The Hall–Kier alpha value is -3.23. The topological polar surface area (TPSA) is 89.3 Å². The van der Waals surface area contributed by atoms with E-state index < -0.39 is 0 Å². The van der Waals surface area contributed by atoms with Gasteiger partial charge in [-0.25, -0.2) is 14.6 Å². The van der Waals surface area contributed by atoms with Gasteiger partial charge in [-0.1, -0.05) is 5.21 Å². The summed E-state index contributed by atoms with van der Waals surface area (Å²) in [5, 5.41) is 8.37.